The summed E-state index contributed by atoms with van der Waals surface area (Å²) < 4.78 is 0. The van der Waals surface area contributed by atoms with E-state index in [2.05, 4.69) is 40.8 Å². The number of hydrogen-bond donors (Lipinski definition) is 0. The van der Waals surface area contributed by atoms with Crippen molar-refractivity contribution in [3.05, 3.63) is 11.3 Å². The molecule has 1 amide bonds. The summed E-state index contributed by atoms with van der Waals surface area (Å²) in [5.74, 6) is 0.170. The number of allylic oxidation sites excluding steroid dienone is 1. The Kier molecular flexibility index (Phi) is 3.99. The van der Waals surface area contributed by atoms with Crippen molar-refractivity contribution >= 4 is 30.9 Å². The molecule has 21 heavy (non-hydrogen) atoms. The largest absolute Gasteiger partial charge is 0.294 e. The van der Waals surface area contributed by atoms with Gasteiger partial charge in [0.2, 0.25) is 11.0 Å². The van der Waals surface area contributed by atoms with Gasteiger partial charge in [-0.1, -0.05) is 52.6 Å². The first-order valence-electron chi connectivity index (χ1n) is 7.62. The van der Waals surface area contributed by atoms with E-state index in [4.69, 9.17) is 0 Å². The van der Waals surface area contributed by atoms with Crippen LogP contribution >= 0.6 is 11.8 Å². The van der Waals surface area contributed by atoms with Gasteiger partial charge in [-0.3, -0.25) is 14.5 Å². The monoisotopic (exact) mass is 325 g/mol. The quantitative estimate of drug-likeness (QED) is 0.433. The molecule has 2 fully saturated rings. The maximum atomic E-state index is 12.7. The molecule has 0 aromatic rings. The van der Waals surface area contributed by atoms with Crippen molar-refractivity contribution in [3.63, 3.8) is 0 Å². The van der Waals surface area contributed by atoms with Gasteiger partial charge in [0.05, 0.1) is 19.7 Å². The van der Waals surface area contributed by atoms with Gasteiger partial charge >= 0.3 is 0 Å². The predicted molar refractivity (Wildman–Crippen MR) is 91.7 cm³/mol. The van der Waals surface area contributed by atoms with Crippen LogP contribution in [0, 0.1) is 5.92 Å². The molecule has 0 aromatic heterocycles. The Bertz CT molecular complexity index is 529. The molecule has 0 saturated carbocycles. The lowest BCUT2D eigenvalue weighted by Gasteiger charge is -2.51. The minimum absolute atomic E-state index is 0.0108. The summed E-state index contributed by atoms with van der Waals surface area (Å²) in [6.45, 7) is 17.6. The fourth-order valence-corrected chi connectivity index (χ4v) is 7.33. The van der Waals surface area contributed by atoms with Crippen molar-refractivity contribution in [1.29, 1.82) is 0 Å². The summed E-state index contributed by atoms with van der Waals surface area (Å²) in [6.07, 6.45) is 0. The fraction of sp³-hybridized carbons (Fsp3) is 0.750. The number of hydrogen-bond acceptors (Lipinski definition) is 3. The van der Waals surface area contributed by atoms with E-state index in [1.54, 1.807) is 4.90 Å². The Morgan fingerprint density at radius 1 is 1.24 bits per heavy atom. The normalized spacial score (nSPS) is 27.6. The van der Waals surface area contributed by atoms with Gasteiger partial charge in [0.25, 0.3) is 0 Å². The summed E-state index contributed by atoms with van der Waals surface area (Å²) >= 11 is 1.35. The average molecular weight is 326 g/mol. The lowest BCUT2D eigenvalue weighted by atomic mass is 9.93. The van der Waals surface area contributed by atoms with Crippen molar-refractivity contribution in [3.8, 4) is 0 Å². The smallest absolute Gasteiger partial charge is 0.237 e. The van der Waals surface area contributed by atoms with Crippen LogP contribution in [0.15, 0.2) is 11.3 Å². The number of β-lactam (4-membered cyclic amide) rings is 1. The van der Waals surface area contributed by atoms with Crippen molar-refractivity contribution in [2.45, 2.75) is 70.6 Å². The fourth-order valence-electron chi connectivity index (χ4n) is 3.15. The van der Waals surface area contributed by atoms with Gasteiger partial charge in [0, 0.05) is 0 Å². The zero-order chi connectivity index (χ0) is 16.3. The highest BCUT2D eigenvalue weighted by Gasteiger charge is 2.61. The molecule has 0 bridgehead atoms. The first kappa shape index (κ1) is 16.8. The molecule has 2 rings (SSSR count). The van der Waals surface area contributed by atoms with Crippen molar-refractivity contribution in [1.82, 2.24) is 4.90 Å². The van der Waals surface area contributed by atoms with Crippen LogP contribution in [0.2, 0.25) is 23.7 Å². The first-order valence-corrected chi connectivity index (χ1v) is 11.6. The molecule has 2 aliphatic rings. The van der Waals surface area contributed by atoms with E-state index in [0.717, 1.165) is 5.57 Å². The van der Waals surface area contributed by atoms with Crippen LogP contribution in [0.5, 0.6) is 0 Å². The zero-order valence-corrected chi connectivity index (χ0v) is 16.2. The minimum atomic E-state index is -1.60. The number of nitrogens with zero attached hydrogens (tertiary/aromatic N) is 1. The number of carbonyl (C=O) groups is 2. The SMILES string of the molecule is CC(C)=C1C(=O)SC2C(C(C)[Si](C)(C)C(C)(C)C)C(=O)N12. The van der Waals surface area contributed by atoms with E-state index in [-0.39, 0.29) is 27.4 Å². The standard InChI is InChI=1S/C16H27NO2SSi/c1-9(2)12-15(19)20-14-11(13(18)17(12)14)10(3)21(7,8)16(4,5)6/h10-11,14H,1-8H3. The van der Waals surface area contributed by atoms with Crippen LogP contribution in [0.4, 0.5) is 0 Å². The number of fused-ring (bicyclic) bond motifs is 1. The molecule has 118 valence electrons. The Hall–Kier alpha value is -0.553. The summed E-state index contributed by atoms with van der Waals surface area (Å²) in [5.41, 5.74) is 1.96. The second-order valence-corrected chi connectivity index (χ2v) is 15.1. The highest BCUT2D eigenvalue weighted by atomic mass is 32.2. The summed E-state index contributed by atoms with van der Waals surface area (Å²) in [4.78, 5) is 26.6. The highest BCUT2D eigenvalue weighted by Crippen LogP contribution is 2.56. The zero-order valence-electron chi connectivity index (χ0n) is 14.4. The van der Waals surface area contributed by atoms with Gasteiger partial charge in [-0.05, 0) is 30.0 Å². The molecule has 0 radical (unpaired) electrons. The van der Waals surface area contributed by atoms with Crippen molar-refractivity contribution in [2.24, 2.45) is 5.92 Å². The Labute approximate surface area is 133 Å². The van der Waals surface area contributed by atoms with E-state index < -0.39 is 8.07 Å². The van der Waals surface area contributed by atoms with Gasteiger partial charge in [0.1, 0.15) is 5.37 Å². The highest BCUT2D eigenvalue weighted by molar-refractivity contribution is 8.15. The number of carbonyl (C=O) groups excluding carboxylic acids is 2. The van der Waals surface area contributed by atoms with Crippen molar-refractivity contribution < 1.29 is 9.59 Å². The lowest BCUT2D eigenvalue weighted by Crippen LogP contribution is -2.61. The van der Waals surface area contributed by atoms with Crippen molar-refractivity contribution in [2.75, 3.05) is 0 Å². The van der Waals surface area contributed by atoms with Crippen LogP contribution in [0.3, 0.4) is 0 Å². The third-order valence-electron chi connectivity index (χ3n) is 5.83. The molecular formula is C16H27NO2SSi. The third-order valence-corrected chi connectivity index (χ3v) is 13.5. The van der Waals surface area contributed by atoms with Gasteiger partial charge in [-0.15, -0.1) is 0 Å². The van der Waals surface area contributed by atoms with Crippen LogP contribution in [0.1, 0.15) is 41.5 Å². The summed E-state index contributed by atoms with van der Waals surface area (Å²) in [5, 5.41) is 0.358. The molecular weight excluding hydrogens is 298 g/mol. The van der Waals surface area contributed by atoms with Gasteiger partial charge in [-0.2, -0.15) is 0 Å². The average Bonchev–Trinajstić information content (AvgIpc) is 2.61. The summed E-state index contributed by atoms with van der Waals surface area (Å²) in [6, 6.07) is 0. The van der Waals surface area contributed by atoms with E-state index in [9.17, 15) is 9.59 Å². The lowest BCUT2D eigenvalue weighted by molar-refractivity contribution is -0.147. The number of thioether (sulfide) groups is 1. The number of amides is 1. The second-order valence-electron chi connectivity index (χ2n) is 8.14. The van der Waals surface area contributed by atoms with E-state index >= 15 is 0 Å². The topological polar surface area (TPSA) is 37.4 Å². The summed E-state index contributed by atoms with van der Waals surface area (Å²) in [7, 11) is -1.60. The minimum Gasteiger partial charge on any atom is -0.294 e. The molecule has 2 heterocycles. The third kappa shape index (κ3) is 2.33. The Morgan fingerprint density at radius 2 is 1.76 bits per heavy atom. The molecule has 2 saturated heterocycles. The Morgan fingerprint density at radius 3 is 2.19 bits per heavy atom. The molecule has 3 nitrogen and oxygen atoms in total. The molecule has 0 aromatic carbocycles. The molecule has 3 unspecified atom stereocenters. The van der Waals surface area contributed by atoms with Crippen LogP contribution in [-0.4, -0.2) is 29.4 Å². The molecule has 5 heteroatoms. The van der Waals surface area contributed by atoms with Gasteiger partial charge in [0.15, 0.2) is 0 Å². The van der Waals surface area contributed by atoms with E-state index in [0.29, 0.717) is 11.2 Å². The molecule has 0 spiro atoms. The van der Waals surface area contributed by atoms with Crippen LogP contribution in [-0.2, 0) is 9.59 Å². The Balaban J connectivity index is 2.29. The van der Waals surface area contributed by atoms with E-state index in [1.165, 1.54) is 11.8 Å². The van der Waals surface area contributed by atoms with E-state index in [1.807, 2.05) is 13.8 Å². The predicted octanol–water partition coefficient (Wildman–Crippen LogP) is 4.24. The maximum absolute atomic E-state index is 12.7. The van der Waals surface area contributed by atoms with Crippen LogP contribution < -0.4 is 0 Å². The van der Waals surface area contributed by atoms with Crippen LogP contribution in [0.25, 0.3) is 0 Å². The first-order chi connectivity index (χ1) is 9.41. The number of rotatable bonds is 2. The molecule has 0 aliphatic carbocycles. The molecule has 3 atom stereocenters. The second kappa shape index (κ2) is 4.98. The molecule has 0 N–H and O–H groups in total. The van der Waals surface area contributed by atoms with Gasteiger partial charge in [-0.25, -0.2) is 0 Å². The maximum Gasteiger partial charge on any atom is 0.237 e. The molecule has 2 aliphatic heterocycles. The van der Waals surface area contributed by atoms with Gasteiger partial charge < -0.3 is 0 Å².